The third-order valence-corrected chi connectivity index (χ3v) is 8.12. The van der Waals surface area contributed by atoms with Crippen molar-refractivity contribution >= 4 is 59.1 Å². The minimum Gasteiger partial charge on any atom is -0.480 e. The number of nitrogens with one attached hydrogen (secondary N) is 7. The smallest absolute Gasteiger partial charge is 0.328 e. The van der Waals surface area contributed by atoms with Crippen LogP contribution in [0.15, 0.2) is 30.3 Å². The van der Waals surface area contributed by atoms with Crippen LogP contribution in [0.2, 0.25) is 0 Å². The summed E-state index contributed by atoms with van der Waals surface area (Å²) in [6.07, 6.45) is 2.54. The van der Waals surface area contributed by atoms with Crippen molar-refractivity contribution in [2.45, 2.75) is 76.3 Å². The van der Waals surface area contributed by atoms with Crippen molar-refractivity contribution in [1.82, 2.24) is 37.2 Å². The number of carbonyl (C=O) groups is 8. The summed E-state index contributed by atoms with van der Waals surface area (Å²) in [6.45, 7) is 2.06. The molecule has 6 atom stereocenters. The van der Waals surface area contributed by atoms with Gasteiger partial charge in [-0.2, -0.15) is 11.8 Å². The fourth-order valence-corrected chi connectivity index (χ4v) is 5.03. The zero-order valence-electron chi connectivity index (χ0n) is 30.2. The van der Waals surface area contributed by atoms with Gasteiger partial charge in [-0.05, 0) is 43.3 Å². The summed E-state index contributed by atoms with van der Waals surface area (Å²) >= 11 is 1.47. The summed E-state index contributed by atoms with van der Waals surface area (Å²) in [7, 11) is 0. The Labute approximate surface area is 311 Å². The third-order valence-electron chi connectivity index (χ3n) is 7.47. The van der Waals surface area contributed by atoms with Crippen LogP contribution in [0.1, 0.15) is 39.2 Å². The minimum atomic E-state index is -1.67. The number of carbonyl (C=O) groups excluding carboxylic acids is 7. The largest absolute Gasteiger partial charge is 0.480 e. The number of amides is 7. The van der Waals surface area contributed by atoms with Gasteiger partial charge in [-0.1, -0.05) is 44.2 Å². The van der Waals surface area contributed by atoms with Crippen LogP contribution in [0.4, 0.5) is 0 Å². The number of aliphatic carboxylic acids is 1. The van der Waals surface area contributed by atoms with E-state index >= 15 is 0 Å². The summed E-state index contributed by atoms with van der Waals surface area (Å²) in [5.41, 5.74) is 6.65. The molecule has 0 aliphatic heterocycles. The van der Waals surface area contributed by atoms with Crippen molar-refractivity contribution in [2.24, 2.45) is 11.7 Å². The van der Waals surface area contributed by atoms with E-state index in [0.29, 0.717) is 17.7 Å². The molecule has 1 aromatic carbocycles. The van der Waals surface area contributed by atoms with Crippen LogP contribution in [0.5, 0.6) is 0 Å². The topological polar surface area (TPSA) is 307 Å². The average molecular weight is 769 g/mol. The lowest BCUT2D eigenvalue weighted by Gasteiger charge is -2.24. The fourth-order valence-electron chi connectivity index (χ4n) is 4.56. The number of hydrogen-bond acceptors (Lipinski definition) is 12. The van der Waals surface area contributed by atoms with Gasteiger partial charge in [-0.15, -0.1) is 0 Å². The standard InChI is InChI=1S/C33H52N8O11S/c1-18(2)12-21(34)29(47)39-22(10-11-53-4)31(49)37-19(3)28(46)40-23(13-20-8-6-5-7-9-20)30(48)36-14-26(44)35-15-27(45)38-24(16-42)32(50)41-25(17-43)33(51)52/h5-9,18-19,21-25,42-43H,10-17,34H2,1-4H3,(H,35,44)(H,36,48)(H,37,49)(H,38,45)(H,39,47)(H,40,46)(H,41,50)(H,51,52)/t19-,21-,22-,23-,24-,25-/m0/s1. The Morgan fingerprint density at radius 2 is 1.25 bits per heavy atom. The molecule has 19 nitrogen and oxygen atoms in total. The average Bonchev–Trinajstić information content (AvgIpc) is 3.11. The summed E-state index contributed by atoms with van der Waals surface area (Å²) in [5, 5.41) is 43.9. The molecule has 0 spiro atoms. The van der Waals surface area contributed by atoms with E-state index in [9.17, 15) is 43.5 Å². The highest BCUT2D eigenvalue weighted by Gasteiger charge is 2.29. The maximum Gasteiger partial charge on any atom is 0.328 e. The molecule has 0 unspecified atom stereocenters. The highest BCUT2D eigenvalue weighted by atomic mass is 32.2. The van der Waals surface area contributed by atoms with E-state index in [2.05, 4.69) is 31.9 Å². The molecule has 12 N–H and O–H groups in total. The molecule has 1 aromatic rings. The summed E-state index contributed by atoms with van der Waals surface area (Å²) in [4.78, 5) is 100. The summed E-state index contributed by atoms with van der Waals surface area (Å²) in [5.74, 6) is -6.30. The van der Waals surface area contributed by atoms with Gasteiger partial charge in [-0.25, -0.2) is 4.79 Å². The number of hydrogen-bond donors (Lipinski definition) is 11. The highest BCUT2D eigenvalue weighted by molar-refractivity contribution is 7.98. The van der Waals surface area contributed by atoms with E-state index in [1.54, 1.807) is 30.3 Å². The number of nitrogens with two attached hydrogens (primary N) is 1. The van der Waals surface area contributed by atoms with Gasteiger partial charge in [0.25, 0.3) is 0 Å². The van der Waals surface area contributed by atoms with E-state index in [1.807, 2.05) is 25.4 Å². The molecule has 0 aromatic heterocycles. The zero-order chi connectivity index (χ0) is 40.1. The van der Waals surface area contributed by atoms with Crippen LogP contribution >= 0.6 is 11.8 Å². The van der Waals surface area contributed by atoms with Crippen molar-refractivity contribution in [3.8, 4) is 0 Å². The van der Waals surface area contributed by atoms with Crippen LogP contribution in [0.25, 0.3) is 0 Å². The first-order valence-corrected chi connectivity index (χ1v) is 18.2. The third kappa shape index (κ3) is 18.0. The van der Waals surface area contributed by atoms with Gasteiger partial charge in [-0.3, -0.25) is 33.6 Å². The molecular formula is C33H52N8O11S. The number of thioether (sulfide) groups is 1. The maximum absolute atomic E-state index is 13.2. The summed E-state index contributed by atoms with van der Waals surface area (Å²) < 4.78 is 0. The van der Waals surface area contributed by atoms with E-state index in [0.717, 1.165) is 0 Å². The van der Waals surface area contributed by atoms with Gasteiger partial charge in [0.2, 0.25) is 41.4 Å². The molecule has 1 rings (SSSR count). The SMILES string of the molecule is CSCC[C@H](NC(=O)[C@@H](N)CC(C)C)C(=O)N[C@@H](C)C(=O)N[C@@H](Cc1ccccc1)C(=O)NCC(=O)NCC(=O)N[C@@H](CO)C(=O)N[C@@H](CO)C(=O)O. The van der Waals surface area contributed by atoms with Crippen molar-refractivity contribution < 1.29 is 53.7 Å². The van der Waals surface area contributed by atoms with Crippen LogP contribution < -0.4 is 43.0 Å². The van der Waals surface area contributed by atoms with Crippen LogP contribution in [-0.2, 0) is 44.8 Å². The Kier molecular flexibility index (Phi) is 21.3. The quantitative estimate of drug-likeness (QED) is 0.0480. The molecule has 0 bridgehead atoms. The Balaban J connectivity index is 2.86. The first-order chi connectivity index (χ1) is 25.0. The molecule has 296 valence electrons. The van der Waals surface area contributed by atoms with Gasteiger partial charge in [0.05, 0.1) is 32.3 Å². The van der Waals surface area contributed by atoms with Gasteiger partial charge >= 0.3 is 5.97 Å². The van der Waals surface area contributed by atoms with Gasteiger partial charge in [0.15, 0.2) is 0 Å². The highest BCUT2D eigenvalue weighted by Crippen LogP contribution is 2.07. The van der Waals surface area contributed by atoms with Crippen LogP contribution in [-0.4, -0.2) is 137 Å². The Morgan fingerprint density at radius 1 is 0.679 bits per heavy atom. The molecule has 0 heterocycles. The Bertz CT molecular complexity index is 1400. The zero-order valence-corrected chi connectivity index (χ0v) is 31.0. The summed E-state index contributed by atoms with van der Waals surface area (Å²) in [6, 6.07) is 1.26. The fraction of sp³-hybridized carbons (Fsp3) is 0.576. The molecular weight excluding hydrogens is 716 g/mol. The lowest BCUT2D eigenvalue weighted by molar-refractivity contribution is -0.143. The number of carboxylic acid groups (broad SMARTS) is 1. The first-order valence-electron chi connectivity index (χ1n) is 16.8. The van der Waals surface area contributed by atoms with Crippen molar-refractivity contribution in [3.63, 3.8) is 0 Å². The van der Waals surface area contributed by atoms with Crippen LogP contribution in [0.3, 0.4) is 0 Å². The number of carboxylic acids is 1. The number of aliphatic hydroxyl groups excluding tert-OH is 2. The molecule has 0 radical (unpaired) electrons. The lowest BCUT2D eigenvalue weighted by Crippen LogP contribution is -2.57. The monoisotopic (exact) mass is 768 g/mol. The lowest BCUT2D eigenvalue weighted by atomic mass is 10.0. The van der Waals surface area contributed by atoms with Crippen molar-refractivity contribution in [3.05, 3.63) is 35.9 Å². The van der Waals surface area contributed by atoms with E-state index in [-0.39, 0.29) is 18.8 Å². The minimum absolute atomic E-state index is 0.00682. The second kappa shape index (κ2) is 24.5. The predicted molar refractivity (Wildman–Crippen MR) is 194 cm³/mol. The second-order valence-electron chi connectivity index (χ2n) is 12.4. The number of aliphatic hydroxyl groups is 2. The van der Waals surface area contributed by atoms with E-state index in [1.165, 1.54) is 18.7 Å². The van der Waals surface area contributed by atoms with Crippen molar-refractivity contribution in [2.75, 3.05) is 38.3 Å². The number of rotatable bonds is 24. The van der Waals surface area contributed by atoms with Gasteiger partial charge in [0.1, 0.15) is 30.2 Å². The molecule has 53 heavy (non-hydrogen) atoms. The molecule has 20 heteroatoms. The molecule has 0 saturated carbocycles. The molecule has 0 fully saturated rings. The first kappa shape index (κ1) is 46.2. The van der Waals surface area contributed by atoms with Crippen LogP contribution in [0, 0.1) is 5.92 Å². The maximum atomic E-state index is 13.2. The molecule has 0 saturated heterocycles. The molecule has 0 aliphatic rings. The molecule has 0 aliphatic carbocycles. The van der Waals surface area contributed by atoms with Gasteiger partial charge in [0, 0.05) is 6.42 Å². The second-order valence-corrected chi connectivity index (χ2v) is 13.4. The number of benzene rings is 1. The van der Waals surface area contributed by atoms with E-state index < -0.39 is 110 Å². The normalized spacial score (nSPS) is 14.3. The predicted octanol–water partition coefficient (Wildman–Crippen LogP) is -3.90. The van der Waals surface area contributed by atoms with Gasteiger partial charge < -0.3 is 58.3 Å². The Morgan fingerprint density at radius 3 is 1.81 bits per heavy atom. The van der Waals surface area contributed by atoms with Crippen molar-refractivity contribution in [1.29, 1.82) is 0 Å². The molecule has 7 amide bonds. The van der Waals surface area contributed by atoms with E-state index in [4.69, 9.17) is 15.9 Å². The Hall–Kier alpha value is -4.79.